The second kappa shape index (κ2) is 4.58. The van der Waals surface area contributed by atoms with Crippen molar-refractivity contribution in [1.29, 1.82) is 0 Å². The van der Waals surface area contributed by atoms with Gasteiger partial charge < -0.3 is 5.32 Å². The number of nitrogens with one attached hydrogen (secondary N) is 1. The molecular formula is C14H14N4. The molecule has 4 heteroatoms. The monoisotopic (exact) mass is 238 g/mol. The first-order chi connectivity index (χ1) is 8.90. The molecule has 4 nitrogen and oxygen atoms in total. The molecule has 0 saturated carbocycles. The summed E-state index contributed by atoms with van der Waals surface area (Å²) >= 11 is 0. The van der Waals surface area contributed by atoms with Gasteiger partial charge in [0.1, 0.15) is 5.69 Å². The Kier molecular flexibility index (Phi) is 2.78. The smallest absolute Gasteiger partial charge is 0.163 e. The summed E-state index contributed by atoms with van der Waals surface area (Å²) < 4.78 is 2.08. The predicted octanol–water partition coefficient (Wildman–Crippen LogP) is 2.12. The predicted molar refractivity (Wildman–Crippen MR) is 71.2 cm³/mol. The first-order valence-corrected chi connectivity index (χ1v) is 5.92. The van der Waals surface area contributed by atoms with Crippen molar-refractivity contribution in [3.05, 3.63) is 54.5 Å². The SMILES string of the molecule is CNCc1nc(-c2ccccn2)n2ccccc12. The van der Waals surface area contributed by atoms with E-state index in [-0.39, 0.29) is 0 Å². The summed E-state index contributed by atoms with van der Waals surface area (Å²) in [7, 11) is 1.93. The average molecular weight is 238 g/mol. The lowest BCUT2D eigenvalue weighted by molar-refractivity contribution is 0.803. The first kappa shape index (κ1) is 10.9. The highest BCUT2D eigenvalue weighted by Gasteiger charge is 2.11. The van der Waals surface area contributed by atoms with Crippen LogP contribution in [-0.4, -0.2) is 21.4 Å². The number of pyridine rings is 2. The molecule has 0 amide bonds. The number of aromatic nitrogens is 3. The Morgan fingerprint density at radius 2 is 2.06 bits per heavy atom. The summed E-state index contributed by atoms with van der Waals surface area (Å²) in [6.45, 7) is 0.750. The maximum atomic E-state index is 4.69. The first-order valence-electron chi connectivity index (χ1n) is 5.92. The molecule has 0 radical (unpaired) electrons. The van der Waals surface area contributed by atoms with Crippen LogP contribution >= 0.6 is 0 Å². The lowest BCUT2D eigenvalue weighted by atomic mass is 10.3. The maximum Gasteiger partial charge on any atom is 0.163 e. The lowest BCUT2D eigenvalue weighted by Crippen LogP contribution is -2.05. The van der Waals surface area contributed by atoms with Crippen molar-refractivity contribution in [1.82, 2.24) is 19.7 Å². The minimum atomic E-state index is 0.750. The number of hydrogen-bond donors (Lipinski definition) is 1. The van der Waals surface area contributed by atoms with Gasteiger partial charge in [0.25, 0.3) is 0 Å². The van der Waals surface area contributed by atoms with Gasteiger partial charge in [0.05, 0.1) is 11.2 Å². The van der Waals surface area contributed by atoms with E-state index in [1.165, 1.54) is 0 Å². The molecule has 90 valence electrons. The third-order valence-electron chi connectivity index (χ3n) is 2.86. The second-order valence-electron chi connectivity index (χ2n) is 4.08. The fourth-order valence-corrected chi connectivity index (χ4v) is 2.08. The van der Waals surface area contributed by atoms with Gasteiger partial charge in [0, 0.05) is 18.9 Å². The van der Waals surface area contributed by atoms with Crippen LogP contribution in [0.15, 0.2) is 48.8 Å². The van der Waals surface area contributed by atoms with Crippen LogP contribution in [0, 0.1) is 0 Å². The van der Waals surface area contributed by atoms with E-state index in [1.807, 2.05) is 43.6 Å². The molecule has 0 aliphatic carbocycles. The number of hydrogen-bond acceptors (Lipinski definition) is 3. The van der Waals surface area contributed by atoms with Crippen LogP contribution < -0.4 is 5.32 Å². The highest BCUT2D eigenvalue weighted by Crippen LogP contribution is 2.20. The molecule has 0 atom stereocenters. The average Bonchev–Trinajstić information content (AvgIpc) is 2.80. The molecule has 0 aliphatic rings. The fraction of sp³-hybridized carbons (Fsp3) is 0.143. The Labute approximate surface area is 105 Å². The van der Waals surface area contributed by atoms with Crippen LogP contribution in [0.5, 0.6) is 0 Å². The van der Waals surface area contributed by atoms with Gasteiger partial charge in [-0.25, -0.2) is 4.98 Å². The summed E-state index contributed by atoms with van der Waals surface area (Å²) in [4.78, 5) is 9.06. The number of imidazole rings is 1. The zero-order valence-corrected chi connectivity index (χ0v) is 10.2. The number of fused-ring (bicyclic) bond motifs is 1. The number of nitrogens with zero attached hydrogens (tertiary/aromatic N) is 3. The van der Waals surface area contributed by atoms with E-state index < -0.39 is 0 Å². The maximum absolute atomic E-state index is 4.69. The Morgan fingerprint density at radius 1 is 1.17 bits per heavy atom. The summed E-state index contributed by atoms with van der Waals surface area (Å²) in [6, 6.07) is 12.0. The molecule has 18 heavy (non-hydrogen) atoms. The van der Waals surface area contributed by atoms with Gasteiger partial charge in [0.15, 0.2) is 5.82 Å². The molecular weight excluding hydrogens is 224 g/mol. The van der Waals surface area contributed by atoms with Gasteiger partial charge in [-0.1, -0.05) is 12.1 Å². The van der Waals surface area contributed by atoms with Crippen LogP contribution in [0.2, 0.25) is 0 Å². The molecule has 0 spiro atoms. The number of rotatable bonds is 3. The van der Waals surface area contributed by atoms with Crippen LogP contribution in [0.25, 0.3) is 17.0 Å². The van der Waals surface area contributed by atoms with Crippen molar-refractivity contribution in [2.75, 3.05) is 7.05 Å². The molecule has 0 unspecified atom stereocenters. The third-order valence-corrected chi connectivity index (χ3v) is 2.86. The molecule has 0 aliphatic heterocycles. The van der Waals surface area contributed by atoms with Gasteiger partial charge in [-0.05, 0) is 31.3 Å². The van der Waals surface area contributed by atoms with Gasteiger partial charge in [-0.15, -0.1) is 0 Å². The Hall–Kier alpha value is -2.20. The highest BCUT2D eigenvalue weighted by atomic mass is 15.1. The summed E-state index contributed by atoms with van der Waals surface area (Å²) in [5.74, 6) is 0.886. The van der Waals surface area contributed by atoms with Crippen molar-refractivity contribution < 1.29 is 0 Å². The zero-order chi connectivity index (χ0) is 12.4. The molecule has 3 aromatic rings. The minimum absolute atomic E-state index is 0.750. The molecule has 0 fully saturated rings. The fourth-order valence-electron chi connectivity index (χ4n) is 2.08. The van der Waals surface area contributed by atoms with Crippen LogP contribution in [0.3, 0.4) is 0 Å². The van der Waals surface area contributed by atoms with E-state index in [2.05, 4.69) is 25.8 Å². The van der Waals surface area contributed by atoms with E-state index in [1.54, 1.807) is 6.20 Å². The minimum Gasteiger partial charge on any atom is -0.314 e. The van der Waals surface area contributed by atoms with Crippen LogP contribution in [-0.2, 0) is 6.54 Å². The van der Waals surface area contributed by atoms with Crippen molar-refractivity contribution >= 4 is 5.52 Å². The molecule has 1 N–H and O–H groups in total. The standard InChI is InChI=1S/C14H14N4/c1-15-10-12-13-7-3-5-9-18(13)14(17-12)11-6-2-4-8-16-11/h2-9,15H,10H2,1H3. The van der Waals surface area contributed by atoms with Crippen LogP contribution in [0.4, 0.5) is 0 Å². The van der Waals surface area contributed by atoms with E-state index in [9.17, 15) is 0 Å². The zero-order valence-electron chi connectivity index (χ0n) is 10.2. The van der Waals surface area contributed by atoms with Crippen molar-refractivity contribution in [3.8, 4) is 11.5 Å². The van der Waals surface area contributed by atoms with E-state index in [0.717, 1.165) is 29.3 Å². The van der Waals surface area contributed by atoms with Gasteiger partial charge >= 0.3 is 0 Å². The van der Waals surface area contributed by atoms with E-state index >= 15 is 0 Å². The molecule has 3 rings (SSSR count). The Bertz CT molecular complexity index is 658. The summed E-state index contributed by atoms with van der Waals surface area (Å²) in [5, 5.41) is 3.14. The molecule has 3 heterocycles. The summed E-state index contributed by atoms with van der Waals surface area (Å²) in [5.41, 5.74) is 3.05. The molecule has 0 bridgehead atoms. The van der Waals surface area contributed by atoms with E-state index in [4.69, 9.17) is 0 Å². The molecule has 0 aromatic carbocycles. The highest BCUT2D eigenvalue weighted by molar-refractivity contribution is 5.63. The van der Waals surface area contributed by atoms with Crippen LogP contribution in [0.1, 0.15) is 5.69 Å². The largest absolute Gasteiger partial charge is 0.314 e. The normalized spacial score (nSPS) is 10.9. The second-order valence-corrected chi connectivity index (χ2v) is 4.08. The summed E-state index contributed by atoms with van der Waals surface area (Å²) in [6.07, 6.45) is 3.81. The topological polar surface area (TPSA) is 42.2 Å². The molecule has 3 aromatic heterocycles. The van der Waals surface area contributed by atoms with Gasteiger partial charge in [-0.2, -0.15) is 0 Å². The van der Waals surface area contributed by atoms with E-state index in [0.29, 0.717) is 0 Å². The van der Waals surface area contributed by atoms with Crippen molar-refractivity contribution in [2.45, 2.75) is 6.54 Å². The quantitative estimate of drug-likeness (QED) is 0.760. The van der Waals surface area contributed by atoms with Crippen molar-refractivity contribution in [3.63, 3.8) is 0 Å². The third kappa shape index (κ3) is 1.76. The van der Waals surface area contributed by atoms with Gasteiger partial charge in [-0.3, -0.25) is 9.38 Å². The molecule has 0 saturated heterocycles. The van der Waals surface area contributed by atoms with Crippen molar-refractivity contribution in [2.24, 2.45) is 0 Å². The Morgan fingerprint density at radius 3 is 2.83 bits per heavy atom. The Balaban J connectivity index is 2.24. The van der Waals surface area contributed by atoms with Gasteiger partial charge in [0.2, 0.25) is 0 Å². The lowest BCUT2D eigenvalue weighted by Gasteiger charge is -1.99.